The third-order valence-electron chi connectivity index (χ3n) is 4.80. The molecule has 2 aromatic carbocycles. The summed E-state index contributed by atoms with van der Waals surface area (Å²) >= 11 is 11.9. The average molecular weight is 495 g/mol. The van der Waals surface area contributed by atoms with E-state index in [1.807, 2.05) is 0 Å². The molecule has 0 saturated carbocycles. The number of rotatable bonds is 3. The molecule has 1 amide bonds. The Morgan fingerprint density at radius 2 is 1.82 bits per heavy atom. The molecule has 0 fully saturated rings. The van der Waals surface area contributed by atoms with E-state index in [9.17, 15) is 18.0 Å². The molecule has 0 saturated heterocycles. The van der Waals surface area contributed by atoms with Gasteiger partial charge in [0.2, 0.25) is 6.79 Å². The molecule has 168 valence electrons. The quantitative estimate of drug-likeness (QED) is 0.395. The van der Waals surface area contributed by atoms with Gasteiger partial charge < -0.3 is 14.8 Å². The maximum atomic E-state index is 13.8. The molecule has 0 radical (unpaired) electrons. The molecule has 7 nitrogen and oxygen atoms in total. The topological polar surface area (TPSA) is 77.8 Å². The van der Waals surface area contributed by atoms with E-state index in [0.717, 1.165) is 12.1 Å². The highest BCUT2D eigenvalue weighted by molar-refractivity contribution is 6.36. The number of aromatic nitrogens is 3. The van der Waals surface area contributed by atoms with Crippen molar-refractivity contribution in [1.29, 1.82) is 0 Å². The number of nitrogens with one attached hydrogen (secondary N) is 1. The van der Waals surface area contributed by atoms with Gasteiger partial charge in [-0.3, -0.25) is 4.79 Å². The van der Waals surface area contributed by atoms with E-state index in [4.69, 9.17) is 32.7 Å². The van der Waals surface area contributed by atoms with E-state index in [1.54, 1.807) is 12.1 Å². The van der Waals surface area contributed by atoms with Crippen LogP contribution in [0.5, 0.6) is 11.5 Å². The summed E-state index contributed by atoms with van der Waals surface area (Å²) < 4.78 is 52.6. The van der Waals surface area contributed by atoms with Gasteiger partial charge in [0.05, 0.1) is 16.4 Å². The second kappa shape index (κ2) is 7.82. The molecule has 5 rings (SSSR count). The van der Waals surface area contributed by atoms with Crippen LogP contribution in [-0.2, 0) is 6.18 Å². The Morgan fingerprint density at radius 3 is 2.58 bits per heavy atom. The number of hydrogen-bond acceptors (Lipinski definition) is 5. The lowest BCUT2D eigenvalue weighted by atomic mass is 10.1. The smallest absolute Gasteiger partial charge is 0.433 e. The maximum Gasteiger partial charge on any atom is 0.433 e. The Hall–Kier alpha value is -3.50. The lowest BCUT2D eigenvalue weighted by Crippen LogP contribution is -2.16. The highest BCUT2D eigenvalue weighted by atomic mass is 35.5. The number of benzene rings is 2. The minimum atomic E-state index is -4.76. The molecule has 3 heterocycles. The van der Waals surface area contributed by atoms with Crippen LogP contribution in [0.1, 0.15) is 16.2 Å². The molecule has 0 aliphatic carbocycles. The summed E-state index contributed by atoms with van der Waals surface area (Å²) in [5, 5.41) is 6.85. The number of ether oxygens (including phenoxy) is 2. The van der Waals surface area contributed by atoms with Gasteiger partial charge in [0.1, 0.15) is 0 Å². The zero-order chi connectivity index (χ0) is 23.3. The lowest BCUT2D eigenvalue weighted by Gasteiger charge is -2.11. The van der Waals surface area contributed by atoms with Crippen molar-refractivity contribution in [3.05, 3.63) is 70.0 Å². The summed E-state index contributed by atoms with van der Waals surface area (Å²) in [4.78, 5) is 16.9. The largest absolute Gasteiger partial charge is 0.454 e. The van der Waals surface area contributed by atoms with Crippen molar-refractivity contribution in [3.63, 3.8) is 0 Å². The maximum absolute atomic E-state index is 13.8. The molecule has 0 unspecified atom stereocenters. The Morgan fingerprint density at radius 1 is 1.03 bits per heavy atom. The number of hydrogen-bond donors (Lipinski definition) is 1. The van der Waals surface area contributed by atoms with Gasteiger partial charge in [-0.1, -0.05) is 23.2 Å². The number of anilines is 1. The van der Waals surface area contributed by atoms with Gasteiger partial charge in [0.25, 0.3) is 5.91 Å². The molecule has 1 N–H and O–H groups in total. The first-order chi connectivity index (χ1) is 15.7. The summed E-state index contributed by atoms with van der Waals surface area (Å²) in [6.07, 6.45) is -4.76. The second-order valence-electron chi connectivity index (χ2n) is 6.97. The van der Waals surface area contributed by atoms with E-state index < -0.39 is 17.8 Å². The predicted molar refractivity (Wildman–Crippen MR) is 114 cm³/mol. The molecular formula is C21H11Cl2F3N4O3. The van der Waals surface area contributed by atoms with Crippen LogP contribution >= 0.6 is 23.2 Å². The van der Waals surface area contributed by atoms with Crippen LogP contribution in [0.4, 0.5) is 18.9 Å². The van der Waals surface area contributed by atoms with Crippen LogP contribution in [0.25, 0.3) is 16.9 Å². The number of carbonyl (C=O) groups excluding carboxylic acids is 1. The third kappa shape index (κ3) is 4.03. The van der Waals surface area contributed by atoms with Crippen LogP contribution in [0, 0.1) is 0 Å². The Bertz CT molecular complexity index is 1420. The van der Waals surface area contributed by atoms with Crippen molar-refractivity contribution >= 4 is 40.4 Å². The minimum Gasteiger partial charge on any atom is -0.454 e. The zero-order valence-electron chi connectivity index (χ0n) is 16.3. The zero-order valence-corrected chi connectivity index (χ0v) is 17.8. The normalized spacial score (nSPS) is 12.9. The number of alkyl halides is 3. The number of amides is 1. The lowest BCUT2D eigenvalue weighted by molar-refractivity contribution is -0.142. The predicted octanol–water partition coefficient (Wildman–Crippen LogP) is 5.70. The third-order valence-corrected chi connectivity index (χ3v) is 5.35. The fourth-order valence-corrected chi connectivity index (χ4v) is 3.72. The second-order valence-corrected chi connectivity index (χ2v) is 7.81. The fraction of sp³-hybridized carbons (Fsp3) is 0.0952. The number of fused-ring (bicyclic) bond motifs is 2. The van der Waals surface area contributed by atoms with E-state index in [-0.39, 0.29) is 34.5 Å². The molecule has 0 bridgehead atoms. The highest BCUT2D eigenvalue weighted by Crippen LogP contribution is 2.37. The number of halogens is 5. The van der Waals surface area contributed by atoms with E-state index >= 15 is 0 Å². The molecule has 1 aliphatic rings. The molecular weight excluding hydrogens is 484 g/mol. The number of nitrogens with zero attached hydrogens (tertiary/aromatic N) is 3. The van der Waals surface area contributed by atoms with E-state index in [0.29, 0.717) is 26.6 Å². The summed E-state index contributed by atoms with van der Waals surface area (Å²) in [5.41, 5.74) is -0.892. The van der Waals surface area contributed by atoms with Crippen molar-refractivity contribution in [3.8, 4) is 22.8 Å². The SMILES string of the molecule is O=C(Nc1ccc(Cl)cc1Cl)c1cc2nc(-c3ccc4c(c3)OCO4)cc(C(F)(F)F)n2n1. The van der Waals surface area contributed by atoms with Crippen molar-refractivity contribution in [2.45, 2.75) is 6.18 Å². The van der Waals surface area contributed by atoms with Gasteiger partial charge in [-0.05, 0) is 42.5 Å². The minimum absolute atomic E-state index is 0.0256. The fourth-order valence-electron chi connectivity index (χ4n) is 3.27. The molecule has 1 aliphatic heterocycles. The van der Waals surface area contributed by atoms with Crippen LogP contribution < -0.4 is 14.8 Å². The van der Waals surface area contributed by atoms with Gasteiger partial charge in [0, 0.05) is 16.7 Å². The average Bonchev–Trinajstić information content (AvgIpc) is 3.40. The Balaban J connectivity index is 1.57. The Kier molecular flexibility index (Phi) is 5.06. The van der Waals surface area contributed by atoms with Gasteiger partial charge >= 0.3 is 6.18 Å². The van der Waals surface area contributed by atoms with E-state index in [2.05, 4.69) is 15.4 Å². The molecule has 4 aromatic rings. The van der Waals surface area contributed by atoms with Crippen molar-refractivity contribution in [2.24, 2.45) is 0 Å². The number of carbonyl (C=O) groups is 1. The summed E-state index contributed by atoms with van der Waals surface area (Å²) in [6, 6.07) is 11.1. The standard InChI is InChI=1S/C21H11Cl2F3N4O3/c22-11-2-3-13(12(23)6-11)28-20(31)15-8-19-27-14(7-18(21(24,25)26)30(19)29-15)10-1-4-16-17(5-10)33-9-32-16/h1-8H,9H2,(H,28,31). The van der Waals surface area contributed by atoms with Crippen LogP contribution in [0.15, 0.2) is 48.5 Å². The molecule has 0 spiro atoms. The highest BCUT2D eigenvalue weighted by Gasteiger charge is 2.36. The van der Waals surface area contributed by atoms with Crippen molar-refractivity contribution in [2.75, 3.05) is 12.1 Å². The Labute approximate surface area is 193 Å². The van der Waals surface area contributed by atoms with E-state index in [1.165, 1.54) is 24.3 Å². The van der Waals surface area contributed by atoms with Gasteiger partial charge in [-0.15, -0.1) is 0 Å². The molecule has 12 heteroatoms. The van der Waals surface area contributed by atoms with Crippen molar-refractivity contribution < 1.29 is 27.4 Å². The monoisotopic (exact) mass is 494 g/mol. The first kappa shape index (κ1) is 21.4. The molecule has 33 heavy (non-hydrogen) atoms. The molecule has 0 atom stereocenters. The van der Waals surface area contributed by atoms with Gasteiger partial charge in [0.15, 0.2) is 28.5 Å². The van der Waals surface area contributed by atoms with Crippen LogP contribution in [0.3, 0.4) is 0 Å². The van der Waals surface area contributed by atoms with Crippen LogP contribution in [0.2, 0.25) is 10.0 Å². The van der Waals surface area contributed by atoms with Gasteiger partial charge in [-0.25, -0.2) is 9.50 Å². The van der Waals surface area contributed by atoms with Gasteiger partial charge in [-0.2, -0.15) is 18.3 Å². The summed E-state index contributed by atoms with van der Waals surface area (Å²) in [5.74, 6) is 0.124. The van der Waals surface area contributed by atoms with Crippen molar-refractivity contribution in [1.82, 2.24) is 14.6 Å². The summed E-state index contributed by atoms with van der Waals surface area (Å²) in [6.45, 7) is 0.0256. The first-order valence-corrected chi connectivity index (χ1v) is 10.1. The summed E-state index contributed by atoms with van der Waals surface area (Å²) in [7, 11) is 0. The van der Waals surface area contributed by atoms with Crippen LogP contribution in [-0.4, -0.2) is 27.3 Å². The molecule has 2 aromatic heterocycles. The first-order valence-electron chi connectivity index (χ1n) is 9.33.